The molecule has 91 heavy (non-hydrogen) atoms. The van der Waals surface area contributed by atoms with Crippen molar-refractivity contribution in [3.63, 3.8) is 0 Å². The third-order valence-electron chi connectivity index (χ3n) is 20.2. The quantitative estimate of drug-likeness (QED) is 0.158. The van der Waals surface area contributed by atoms with E-state index in [0.29, 0.717) is 0 Å². The van der Waals surface area contributed by atoms with E-state index in [0.717, 1.165) is 0 Å². The standard InChI is InChI=1S/C44H25N.C28H17N.C16H9Br/c1-2-12-28-26(10-1)27-11-5-6-15-31(27)42-33(28)20-21-36-35(42)23-25-41-44(36)38-16-7-8-19-39(38)45(41)40-24-22-34-30-14-4-3-13-29(30)32-17-9-18-37(40)43(32)34;1-2-9-19-17(7-1)18-8-3-4-10-20(18)27-21(19)13-14-23-22(27)15-16-26-28(23)24-11-5-6-12-25(24)29-26;17-15-9-8-13-11-5-2-1-4-10(11)12-6-3-7-14(15)16(12)13/h1-25H;1-16,29H;1-9H. The highest BCUT2D eigenvalue weighted by Gasteiger charge is 2.26. The molecule has 20 aromatic rings. The number of para-hydroxylation sites is 2. The van der Waals surface area contributed by atoms with Gasteiger partial charge in [-0.15, -0.1) is 0 Å². The van der Waals surface area contributed by atoms with Crippen LogP contribution in [0.2, 0.25) is 0 Å². The van der Waals surface area contributed by atoms with Crippen molar-refractivity contribution in [1.82, 2.24) is 9.55 Å². The molecule has 2 heterocycles. The lowest BCUT2D eigenvalue weighted by atomic mass is 9.90. The summed E-state index contributed by atoms with van der Waals surface area (Å²) in [6.45, 7) is 0. The Balaban J connectivity index is 0.000000106. The summed E-state index contributed by atoms with van der Waals surface area (Å²) in [5.74, 6) is 0. The van der Waals surface area contributed by atoms with Gasteiger partial charge in [0.15, 0.2) is 0 Å². The summed E-state index contributed by atoms with van der Waals surface area (Å²) < 4.78 is 3.67. The van der Waals surface area contributed by atoms with Crippen LogP contribution in [0.3, 0.4) is 0 Å². The maximum absolute atomic E-state index is 3.64. The number of benzene rings is 18. The molecule has 1 N–H and O–H groups in total. The molecular weight excluding hydrogens is 1160 g/mol. The highest BCUT2D eigenvalue weighted by Crippen LogP contribution is 2.52. The van der Waals surface area contributed by atoms with Crippen LogP contribution in [0.15, 0.2) is 308 Å². The van der Waals surface area contributed by atoms with Crippen molar-refractivity contribution in [2.24, 2.45) is 0 Å². The predicted molar refractivity (Wildman–Crippen MR) is 395 cm³/mol. The van der Waals surface area contributed by atoms with E-state index in [1.807, 2.05) is 0 Å². The molecule has 0 saturated carbocycles. The summed E-state index contributed by atoms with van der Waals surface area (Å²) in [5, 5.41) is 31.6. The number of H-pyrrole nitrogens is 1. The number of rotatable bonds is 1. The summed E-state index contributed by atoms with van der Waals surface area (Å²) in [7, 11) is 0. The first-order valence-corrected chi connectivity index (χ1v) is 32.2. The molecule has 2 aliphatic carbocycles. The van der Waals surface area contributed by atoms with Crippen LogP contribution in [0.4, 0.5) is 0 Å². The third kappa shape index (κ3) is 7.12. The number of hydrogen-bond acceptors (Lipinski definition) is 0. The minimum Gasteiger partial charge on any atom is -0.354 e. The molecule has 0 amide bonds. The summed E-state index contributed by atoms with van der Waals surface area (Å²) in [6, 6.07) is 111. The molecule has 18 aromatic carbocycles. The first kappa shape index (κ1) is 50.6. The first-order chi connectivity index (χ1) is 45.1. The smallest absolute Gasteiger partial charge is 0.0547 e. The van der Waals surface area contributed by atoms with Crippen molar-refractivity contribution in [2.75, 3.05) is 0 Å². The lowest BCUT2D eigenvalue weighted by molar-refractivity contribution is 1.20. The SMILES string of the molecule is Brc1ccc2c3c(cccc13)-c1ccccc1-2.c1ccc2c(c1)-c1cccc3c(-n4c5ccccc5c5c6ccc7c8ccccc8c8ccccc8c7c6ccc54)ccc-2c13.c1ccc2c(c1)[nH]c1ccc3c(ccc4c5ccccc5c5ccccc5c43)c12. The van der Waals surface area contributed by atoms with E-state index in [9.17, 15) is 0 Å². The van der Waals surface area contributed by atoms with Crippen LogP contribution in [0.5, 0.6) is 0 Å². The van der Waals surface area contributed by atoms with Crippen LogP contribution in [0.25, 0.3) is 202 Å². The Labute approximate surface area is 531 Å². The molecule has 3 heteroatoms. The van der Waals surface area contributed by atoms with Gasteiger partial charge in [-0.2, -0.15) is 0 Å². The van der Waals surface area contributed by atoms with Crippen LogP contribution in [-0.2, 0) is 0 Å². The van der Waals surface area contributed by atoms with Gasteiger partial charge in [-0.25, -0.2) is 0 Å². The Hall–Kier alpha value is -11.4. The predicted octanol–water partition coefficient (Wildman–Crippen LogP) is 25.4. The number of aromatic amines is 1. The molecule has 22 rings (SSSR count). The van der Waals surface area contributed by atoms with Crippen LogP contribution < -0.4 is 0 Å². The molecule has 0 unspecified atom stereocenters. The molecule has 0 aliphatic heterocycles. The van der Waals surface area contributed by atoms with Gasteiger partial charge < -0.3 is 9.55 Å². The zero-order valence-electron chi connectivity index (χ0n) is 49.2. The molecule has 2 aromatic heterocycles. The van der Waals surface area contributed by atoms with E-state index in [4.69, 9.17) is 0 Å². The monoisotopic (exact) mass is 1210 g/mol. The van der Waals surface area contributed by atoms with Crippen molar-refractivity contribution >= 4 is 167 Å². The molecule has 0 bridgehead atoms. The number of halogens is 1. The van der Waals surface area contributed by atoms with E-state index in [1.165, 1.54) is 206 Å². The Morgan fingerprint density at radius 3 is 1.10 bits per heavy atom. The fourth-order valence-electron chi connectivity index (χ4n) is 16.5. The van der Waals surface area contributed by atoms with Gasteiger partial charge in [0.25, 0.3) is 0 Å². The second-order valence-corrected chi connectivity index (χ2v) is 25.4. The van der Waals surface area contributed by atoms with Crippen molar-refractivity contribution in [1.29, 1.82) is 0 Å². The number of nitrogens with one attached hydrogen (secondary N) is 1. The lowest BCUT2D eigenvalue weighted by Crippen LogP contribution is -1.96. The zero-order chi connectivity index (χ0) is 59.6. The Kier molecular flexibility index (Phi) is 10.7. The lowest BCUT2D eigenvalue weighted by Gasteiger charge is -2.15. The van der Waals surface area contributed by atoms with Crippen molar-refractivity contribution < 1.29 is 0 Å². The number of fused-ring (bicyclic) bond motifs is 30. The Bertz CT molecular complexity index is 6470. The van der Waals surface area contributed by atoms with E-state index >= 15 is 0 Å². The van der Waals surface area contributed by atoms with Gasteiger partial charge in [-0.1, -0.05) is 283 Å². The van der Waals surface area contributed by atoms with Crippen LogP contribution in [-0.4, -0.2) is 9.55 Å². The molecule has 0 saturated heterocycles. The normalized spacial score (nSPS) is 12.2. The third-order valence-corrected chi connectivity index (χ3v) is 20.9. The Morgan fingerprint density at radius 1 is 0.187 bits per heavy atom. The highest BCUT2D eigenvalue weighted by atomic mass is 79.9. The summed E-state index contributed by atoms with van der Waals surface area (Å²) in [4.78, 5) is 3.58. The van der Waals surface area contributed by atoms with Crippen molar-refractivity contribution in [3.8, 4) is 50.2 Å². The van der Waals surface area contributed by atoms with Crippen molar-refractivity contribution in [3.05, 3.63) is 308 Å². The summed E-state index contributed by atoms with van der Waals surface area (Å²) >= 11 is 3.64. The van der Waals surface area contributed by atoms with Crippen LogP contribution in [0, 0.1) is 0 Å². The van der Waals surface area contributed by atoms with E-state index in [2.05, 4.69) is 329 Å². The van der Waals surface area contributed by atoms with E-state index in [1.54, 1.807) is 0 Å². The molecule has 0 spiro atoms. The number of aromatic nitrogens is 2. The number of nitrogens with zero attached hydrogens (tertiary/aromatic N) is 1. The second-order valence-electron chi connectivity index (χ2n) is 24.6. The maximum atomic E-state index is 3.64. The minimum absolute atomic E-state index is 1.17. The zero-order valence-corrected chi connectivity index (χ0v) is 50.8. The largest absolute Gasteiger partial charge is 0.354 e. The summed E-state index contributed by atoms with van der Waals surface area (Å²) in [6.07, 6.45) is 0. The molecule has 420 valence electrons. The molecule has 0 fully saturated rings. The molecule has 0 radical (unpaired) electrons. The molecular formula is C88H51BrN2. The second kappa shape index (κ2) is 19.3. The van der Waals surface area contributed by atoms with Crippen LogP contribution >= 0.6 is 15.9 Å². The van der Waals surface area contributed by atoms with Gasteiger partial charge in [0.1, 0.15) is 0 Å². The topological polar surface area (TPSA) is 20.7 Å². The average molecular weight is 1220 g/mol. The molecule has 0 atom stereocenters. The summed E-state index contributed by atoms with van der Waals surface area (Å²) in [5.41, 5.74) is 16.8. The molecule has 2 aliphatic rings. The van der Waals surface area contributed by atoms with Gasteiger partial charge in [-0.05, 0) is 183 Å². The van der Waals surface area contributed by atoms with E-state index in [-0.39, 0.29) is 0 Å². The van der Waals surface area contributed by atoms with Gasteiger partial charge >= 0.3 is 0 Å². The first-order valence-electron chi connectivity index (χ1n) is 31.4. The highest BCUT2D eigenvalue weighted by molar-refractivity contribution is 9.10. The molecule has 2 nitrogen and oxygen atoms in total. The average Bonchev–Trinajstić information content (AvgIpc) is 1.72. The number of hydrogen-bond donors (Lipinski definition) is 1. The van der Waals surface area contributed by atoms with Crippen molar-refractivity contribution in [2.45, 2.75) is 0 Å². The van der Waals surface area contributed by atoms with Gasteiger partial charge in [0.05, 0.1) is 16.7 Å². The van der Waals surface area contributed by atoms with Crippen LogP contribution in [0.1, 0.15) is 0 Å². The fraction of sp³-hybridized carbons (Fsp3) is 0. The van der Waals surface area contributed by atoms with Gasteiger partial charge in [0, 0.05) is 42.4 Å². The minimum atomic E-state index is 1.17. The maximum Gasteiger partial charge on any atom is 0.0547 e. The van der Waals surface area contributed by atoms with E-state index < -0.39 is 0 Å². The van der Waals surface area contributed by atoms with Gasteiger partial charge in [-0.3, -0.25) is 0 Å². The fourth-order valence-corrected chi connectivity index (χ4v) is 16.9. The van der Waals surface area contributed by atoms with Gasteiger partial charge in [0.2, 0.25) is 0 Å². The Morgan fingerprint density at radius 2 is 0.538 bits per heavy atom.